The van der Waals surface area contributed by atoms with Crippen LogP contribution in [0.1, 0.15) is 50.5 Å². The maximum Gasteiger partial charge on any atom is 0.339 e. The highest BCUT2D eigenvalue weighted by molar-refractivity contribution is 7.87. The molecule has 0 unspecified atom stereocenters. The average Bonchev–Trinajstić information content (AvgIpc) is 3.64. The van der Waals surface area contributed by atoms with Gasteiger partial charge in [0.05, 0.1) is 13.2 Å². The molecule has 2 atom stereocenters. The van der Waals surface area contributed by atoms with Gasteiger partial charge in [0.2, 0.25) is 6.79 Å². The molecule has 54 heavy (non-hydrogen) atoms. The molecule has 9 nitrogen and oxygen atoms in total. The van der Waals surface area contributed by atoms with Gasteiger partial charge in [-0.2, -0.15) is 8.42 Å². The molecule has 0 aromatic heterocycles. The van der Waals surface area contributed by atoms with Gasteiger partial charge in [-0.3, -0.25) is 4.90 Å². The zero-order chi connectivity index (χ0) is 37.6. The Bertz CT molecular complexity index is 2330. The molecule has 2 bridgehead atoms. The van der Waals surface area contributed by atoms with Crippen molar-refractivity contribution in [2.45, 2.75) is 57.3 Å². The van der Waals surface area contributed by atoms with Gasteiger partial charge < -0.3 is 28.0 Å². The van der Waals surface area contributed by atoms with E-state index in [1.807, 2.05) is 37.3 Å². The quantitative estimate of drug-likeness (QED) is 0.132. The van der Waals surface area contributed by atoms with Gasteiger partial charge in [-0.15, -0.1) is 0 Å². The van der Waals surface area contributed by atoms with Gasteiger partial charge in [0.25, 0.3) is 0 Å². The second-order valence-corrected chi connectivity index (χ2v) is 15.8. The molecule has 3 heterocycles. The highest BCUT2D eigenvalue weighted by Crippen LogP contribution is 2.52. The summed E-state index contributed by atoms with van der Waals surface area (Å²) < 4.78 is 58.4. The van der Waals surface area contributed by atoms with Crippen LogP contribution in [0.15, 0.2) is 108 Å². The number of nitrogens with zero attached hydrogens (tertiary/aromatic N) is 2. The predicted octanol–water partition coefficient (Wildman–Crippen LogP) is 8.15. The van der Waals surface area contributed by atoms with E-state index in [9.17, 15) is 8.42 Å². The second-order valence-electron chi connectivity index (χ2n) is 14.3. The highest BCUT2D eigenvalue weighted by Gasteiger charge is 2.44. The normalized spacial score (nSPS) is 18.4. The predicted molar refractivity (Wildman–Crippen MR) is 208 cm³/mol. The summed E-state index contributed by atoms with van der Waals surface area (Å²) in [7, 11) is -0.369. The lowest BCUT2D eigenvalue weighted by molar-refractivity contribution is 0.0677. The van der Waals surface area contributed by atoms with Crippen molar-refractivity contribution in [2.75, 3.05) is 27.5 Å². The monoisotopic (exact) mass is 744 g/mol. The van der Waals surface area contributed by atoms with Gasteiger partial charge in [-0.05, 0) is 80.8 Å². The van der Waals surface area contributed by atoms with Crippen LogP contribution in [0.5, 0.6) is 28.7 Å². The van der Waals surface area contributed by atoms with E-state index in [1.54, 1.807) is 38.3 Å². The minimum absolute atomic E-state index is 0.0299. The van der Waals surface area contributed by atoms with Crippen LogP contribution in [-0.2, 0) is 29.7 Å². The van der Waals surface area contributed by atoms with Gasteiger partial charge in [-0.25, -0.2) is 0 Å². The molecule has 3 aliphatic heterocycles. The molecular weight excluding hydrogens is 701 g/mol. The maximum absolute atomic E-state index is 13.9. The molecule has 0 saturated carbocycles. The molecular formula is C44H44N2O7S. The summed E-state index contributed by atoms with van der Waals surface area (Å²) in [6.45, 7) is 7.58. The molecule has 5 aromatic rings. The van der Waals surface area contributed by atoms with Crippen LogP contribution >= 0.6 is 0 Å². The lowest BCUT2D eigenvalue weighted by Gasteiger charge is -2.52. The average molecular weight is 745 g/mol. The fourth-order valence-electron chi connectivity index (χ4n) is 7.93. The summed E-state index contributed by atoms with van der Waals surface area (Å²) in [5.74, 6) is 2.59. The van der Waals surface area contributed by atoms with E-state index in [2.05, 4.69) is 72.3 Å². The summed E-state index contributed by atoms with van der Waals surface area (Å²) in [5, 5.41) is 0. The molecule has 0 spiro atoms. The molecule has 0 N–H and O–H groups in total. The first-order chi connectivity index (χ1) is 26.1. The number of piperazine rings is 1. The van der Waals surface area contributed by atoms with E-state index in [4.69, 9.17) is 23.1 Å². The fraction of sp³-hybridized carbons (Fsp3) is 0.273. The molecule has 0 aliphatic carbocycles. The zero-order valence-corrected chi connectivity index (χ0v) is 32.0. The lowest BCUT2D eigenvalue weighted by Crippen LogP contribution is -2.54. The number of ether oxygens (including phenoxy) is 4. The highest BCUT2D eigenvalue weighted by atomic mass is 32.2. The first-order valence-corrected chi connectivity index (χ1v) is 19.6. The first kappa shape index (κ1) is 35.6. The molecule has 5 aromatic carbocycles. The van der Waals surface area contributed by atoms with Gasteiger partial charge in [0, 0.05) is 41.5 Å². The van der Waals surface area contributed by atoms with E-state index >= 15 is 0 Å². The largest absolute Gasteiger partial charge is 0.493 e. The number of hydrogen-bond donors (Lipinski definition) is 0. The third-order valence-corrected chi connectivity index (χ3v) is 11.9. The summed E-state index contributed by atoms with van der Waals surface area (Å²) in [6, 6.07) is 31.1. The molecule has 10 heteroatoms. The van der Waals surface area contributed by atoms with Crippen LogP contribution < -0.4 is 23.1 Å². The van der Waals surface area contributed by atoms with Crippen molar-refractivity contribution in [2.24, 2.45) is 0 Å². The molecule has 8 rings (SSSR count). The van der Waals surface area contributed by atoms with E-state index in [-0.39, 0.29) is 29.5 Å². The topological polar surface area (TPSA) is 86.8 Å². The summed E-state index contributed by atoms with van der Waals surface area (Å²) in [5.41, 5.74) is 8.47. The van der Waals surface area contributed by atoms with Crippen molar-refractivity contribution in [3.05, 3.63) is 147 Å². The summed E-state index contributed by atoms with van der Waals surface area (Å²) >= 11 is 0. The molecule has 1 saturated heterocycles. The van der Waals surface area contributed by atoms with Crippen LogP contribution in [0.3, 0.4) is 0 Å². The summed E-state index contributed by atoms with van der Waals surface area (Å²) in [6.07, 6.45) is 2.89. The third-order valence-electron chi connectivity index (χ3n) is 10.7. The Morgan fingerprint density at radius 3 is 2.26 bits per heavy atom. The molecule has 0 radical (unpaired) electrons. The molecule has 0 amide bonds. The Morgan fingerprint density at radius 1 is 0.852 bits per heavy atom. The number of methoxy groups -OCH3 is 1. The molecule has 3 aliphatic rings. The minimum atomic E-state index is -4.21. The maximum atomic E-state index is 13.9. The van der Waals surface area contributed by atoms with Crippen LogP contribution in [0.2, 0.25) is 0 Å². The first-order valence-electron chi connectivity index (χ1n) is 18.1. The Labute approximate surface area is 317 Å². The smallest absolute Gasteiger partial charge is 0.339 e. The zero-order valence-electron chi connectivity index (χ0n) is 31.2. The van der Waals surface area contributed by atoms with Crippen LogP contribution in [0.4, 0.5) is 0 Å². The van der Waals surface area contributed by atoms with Gasteiger partial charge in [-0.1, -0.05) is 84.4 Å². The van der Waals surface area contributed by atoms with E-state index in [0.717, 1.165) is 46.5 Å². The number of aryl methyl sites for hydroxylation is 2. The number of fused-ring (bicyclic) bond motifs is 5. The SMILES string of the molecule is COc1c(C)cc2c(c1OCc1ccccc1)[C@@H]1C(=Cc3cc4c(c(C)c3OS(=O)(=O)c3ccc(C)cc3)OCO4)N(Cc3ccccc3)C[C@H](C2)N1C. The van der Waals surface area contributed by atoms with Crippen molar-refractivity contribution < 1.29 is 31.5 Å². The standard InChI is InChI=1S/C44H44N2O7S/c1-28-16-18-36(19-17-28)54(47,48)53-42-30(3)43-38(51-27-52-43)23-34(42)22-37-40-39-33(21-35(45(40)4)25-46(37)24-31-12-8-6-9-13-31)20-29(2)41(49-5)44(39)50-26-32-14-10-7-11-15-32/h6-20,22-23,35,40H,21,24-27H2,1-5H3/t35-,40-/m0/s1. The Hall–Kier alpha value is -5.45. The molecule has 278 valence electrons. The van der Waals surface area contributed by atoms with Crippen LogP contribution in [0.25, 0.3) is 6.08 Å². The van der Waals surface area contributed by atoms with E-state index in [0.29, 0.717) is 47.3 Å². The van der Waals surface area contributed by atoms with Crippen molar-refractivity contribution in [3.8, 4) is 28.7 Å². The lowest BCUT2D eigenvalue weighted by atomic mass is 9.81. The Morgan fingerprint density at radius 2 is 1.56 bits per heavy atom. The van der Waals surface area contributed by atoms with E-state index < -0.39 is 10.1 Å². The minimum Gasteiger partial charge on any atom is -0.493 e. The van der Waals surface area contributed by atoms with Gasteiger partial charge in [0.1, 0.15) is 11.5 Å². The second kappa shape index (κ2) is 14.4. The van der Waals surface area contributed by atoms with Crippen LogP contribution in [0, 0.1) is 20.8 Å². The van der Waals surface area contributed by atoms with Gasteiger partial charge in [0.15, 0.2) is 28.7 Å². The number of benzene rings is 5. The van der Waals surface area contributed by atoms with Crippen molar-refractivity contribution in [1.29, 1.82) is 0 Å². The molecule has 1 fully saturated rings. The van der Waals surface area contributed by atoms with Crippen molar-refractivity contribution >= 4 is 16.2 Å². The van der Waals surface area contributed by atoms with E-state index in [1.165, 1.54) is 5.56 Å². The van der Waals surface area contributed by atoms with Crippen LogP contribution in [-0.4, -0.2) is 51.8 Å². The van der Waals surface area contributed by atoms with Gasteiger partial charge >= 0.3 is 10.1 Å². The summed E-state index contributed by atoms with van der Waals surface area (Å²) in [4.78, 5) is 4.88. The number of hydrogen-bond acceptors (Lipinski definition) is 9. The van der Waals surface area contributed by atoms with Crippen molar-refractivity contribution in [3.63, 3.8) is 0 Å². The fourth-order valence-corrected chi connectivity index (χ4v) is 8.93. The Kier molecular flexibility index (Phi) is 9.49. The number of likely N-dealkylation sites (N-methyl/N-ethyl adjacent to an activating group) is 1. The third kappa shape index (κ3) is 6.65. The number of rotatable bonds is 10. The van der Waals surface area contributed by atoms with Crippen molar-refractivity contribution in [1.82, 2.24) is 9.80 Å². The Balaban J connectivity index is 1.32.